The van der Waals surface area contributed by atoms with Gasteiger partial charge in [-0.2, -0.15) is 4.98 Å². The summed E-state index contributed by atoms with van der Waals surface area (Å²) in [7, 11) is 0. The summed E-state index contributed by atoms with van der Waals surface area (Å²) in [4.78, 5) is 14.7. The third-order valence-corrected chi connectivity index (χ3v) is 2.68. The fourth-order valence-corrected chi connectivity index (χ4v) is 1.79. The van der Waals surface area contributed by atoms with Crippen molar-refractivity contribution in [2.45, 2.75) is 26.2 Å². The molecule has 1 N–H and O–H groups in total. The molecule has 0 radical (unpaired) electrons. The average Bonchev–Trinajstić information content (AvgIpc) is 2.88. The predicted octanol–water partition coefficient (Wildman–Crippen LogP) is 2.54. The Bertz CT molecular complexity index is 580. The lowest BCUT2D eigenvalue weighted by Gasteiger charge is -2.05. The Hall–Kier alpha value is -2.37. The van der Waals surface area contributed by atoms with Crippen molar-refractivity contribution < 1.29 is 19.2 Å². The SMILES string of the molecule is CCOc1ccccc1-c1noc(CCCC(=O)O)n1. The van der Waals surface area contributed by atoms with Crippen LogP contribution in [0.4, 0.5) is 0 Å². The average molecular weight is 276 g/mol. The van der Waals surface area contributed by atoms with Crippen molar-refractivity contribution in [2.24, 2.45) is 0 Å². The summed E-state index contributed by atoms with van der Waals surface area (Å²) in [6, 6.07) is 7.46. The maximum atomic E-state index is 10.4. The summed E-state index contributed by atoms with van der Waals surface area (Å²) in [5, 5.41) is 12.5. The van der Waals surface area contributed by atoms with Crippen molar-refractivity contribution >= 4 is 5.97 Å². The van der Waals surface area contributed by atoms with Gasteiger partial charge in [0.15, 0.2) is 0 Å². The number of para-hydroxylation sites is 1. The number of hydrogen-bond donors (Lipinski definition) is 1. The molecule has 1 heterocycles. The van der Waals surface area contributed by atoms with Crippen LogP contribution in [0.25, 0.3) is 11.4 Å². The normalized spacial score (nSPS) is 10.4. The molecule has 0 bridgehead atoms. The first-order valence-corrected chi connectivity index (χ1v) is 6.47. The van der Waals surface area contributed by atoms with Gasteiger partial charge in [-0.25, -0.2) is 0 Å². The van der Waals surface area contributed by atoms with Gasteiger partial charge in [-0.3, -0.25) is 4.79 Å². The van der Waals surface area contributed by atoms with Crippen LogP contribution in [0.3, 0.4) is 0 Å². The molecule has 0 saturated carbocycles. The topological polar surface area (TPSA) is 85.5 Å². The van der Waals surface area contributed by atoms with Crippen molar-refractivity contribution in [2.75, 3.05) is 6.61 Å². The van der Waals surface area contributed by atoms with Crippen molar-refractivity contribution in [3.63, 3.8) is 0 Å². The zero-order valence-corrected chi connectivity index (χ0v) is 11.2. The molecular formula is C14H16N2O4. The number of carbonyl (C=O) groups is 1. The largest absolute Gasteiger partial charge is 0.493 e. The quantitative estimate of drug-likeness (QED) is 0.836. The van der Waals surface area contributed by atoms with E-state index < -0.39 is 5.97 Å². The van der Waals surface area contributed by atoms with Crippen LogP contribution in [0, 0.1) is 0 Å². The Kier molecular flexibility index (Phi) is 4.70. The fourth-order valence-electron chi connectivity index (χ4n) is 1.79. The zero-order chi connectivity index (χ0) is 14.4. The van der Waals surface area contributed by atoms with Gasteiger partial charge >= 0.3 is 5.97 Å². The van der Waals surface area contributed by atoms with Crippen molar-refractivity contribution in [1.29, 1.82) is 0 Å². The molecule has 0 atom stereocenters. The van der Waals surface area contributed by atoms with E-state index in [0.717, 1.165) is 5.56 Å². The molecule has 2 rings (SSSR count). The van der Waals surface area contributed by atoms with E-state index in [1.807, 2.05) is 31.2 Å². The van der Waals surface area contributed by atoms with E-state index in [9.17, 15) is 4.79 Å². The molecule has 0 aliphatic carbocycles. The van der Waals surface area contributed by atoms with Gasteiger partial charge in [0.05, 0.1) is 12.2 Å². The van der Waals surface area contributed by atoms with Gasteiger partial charge in [-0.05, 0) is 25.5 Å². The lowest BCUT2D eigenvalue weighted by Crippen LogP contribution is -1.96. The van der Waals surface area contributed by atoms with E-state index in [1.54, 1.807) is 0 Å². The smallest absolute Gasteiger partial charge is 0.303 e. The van der Waals surface area contributed by atoms with E-state index >= 15 is 0 Å². The van der Waals surface area contributed by atoms with E-state index in [4.69, 9.17) is 14.4 Å². The predicted molar refractivity (Wildman–Crippen MR) is 71.5 cm³/mol. The number of nitrogens with zero attached hydrogens (tertiary/aromatic N) is 2. The first-order valence-electron chi connectivity index (χ1n) is 6.47. The van der Waals surface area contributed by atoms with Crippen LogP contribution in [-0.4, -0.2) is 27.8 Å². The molecule has 6 nitrogen and oxygen atoms in total. The highest BCUT2D eigenvalue weighted by Crippen LogP contribution is 2.27. The molecule has 1 aromatic heterocycles. The maximum Gasteiger partial charge on any atom is 0.303 e. The summed E-state index contributed by atoms with van der Waals surface area (Å²) in [6.07, 6.45) is 1.02. The Morgan fingerprint density at radius 1 is 1.40 bits per heavy atom. The number of aryl methyl sites for hydroxylation is 1. The monoisotopic (exact) mass is 276 g/mol. The van der Waals surface area contributed by atoms with Crippen LogP contribution in [-0.2, 0) is 11.2 Å². The third kappa shape index (κ3) is 3.57. The second-order valence-corrected chi connectivity index (χ2v) is 4.19. The summed E-state index contributed by atoms with van der Waals surface area (Å²) < 4.78 is 10.6. The number of benzene rings is 1. The summed E-state index contributed by atoms with van der Waals surface area (Å²) in [5.41, 5.74) is 0.766. The highest BCUT2D eigenvalue weighted by atomic mass is 16.5. The minimum atomic E-state index is -0.827. The molecule has 0 spiro atoms. The Labute approximate surface area is 116 Å². The van der Waals surface area contributed by atoms with Crippen LogP contribution in [0.5, 0.6) is 5.75 Å². The Morgan fingerprint density at radius 3 is 2.95 bits per heavy atom. The number of aliphatic carboxylic acids is 1. The first-order chi connectivity index (χ1) is 9.70. The number of hydrogen-bond acceptors (Lipinski definition) is 5. The summed E-state index contributed by atoms with van der Waals surface area (Å²) in [6.45, 7) is 2.46. The van der Waals surface area contributed by atoms with Crippen molar-refractivity contribution in [3.05, 3.63) is 30.2 Å². The number of aromatic nitrogens is 2. The van der Waals surface area contributed by atoms with Crippen LogP contribution in [0.2, 0.25) is 0 Å². The minimum Gasteiger partial charge on any atom is -0.493 e. The molecule has 0 amide bonds. The van der Waals surface area contributed by atoms with Crippen LogP contribution >= 0.6 is 0 Å². The second kappa shape index (κ2) is 6.70. The van der Waals surface area contributed by atoms with E-state index in [1.165, 1.54) is 0 Å². The number of ether oxygens (including phenoxy) is 1. The highest BCUT2D eigenvalue weighted by Gasteiger charge is 2.13. The molecule has 0 fully saturated rings. The molecule has 2 aromatic rings. The molecule has 0 aliphatic rings. The van der Waals surface area contributed by atoms with Crippen LogP contribution < -0.4 is 4.74 Å². The second-order valence-electron chi connectivity index (χ2n) is 4.19. The third-order valence-electron chi connectivity index (χ3n) is 2.68. The molecule has 6 heteroatoms. The van der Waals surface area contributed by atoms with E-state index in [-0.39, 0.29) is 6.42 Å². The maximum absolute atomic E-state index is 10.4. The van der Waals surface area contributed by atoms with Gasteiger partial charge in [-0.15, -0.1) is 0 Å². The molecule has 0 aliphatic heterocycles. The zero-order valence-electron chi connectivity index (χ0n) is 11.2. The van der Waals surface area contributed by atoms with Gasteiger partial charge < -0.3 is 14.4 Å². The fraction of sp³-hybridized carbons (Fsp3) is 0.357. The summed E-state index contributed by atoms with van der Waals surface area (Å²) >= 11 is 0. The number of rotatable bonds is 7. The number of carboxylic acids is 1. The van der Waals surface area contributed by atoms with Gasteiger partial charge in [0.2, 0.25) is 11.7 Å². The Morgan fingerprint density at radius 2 is 2.20 bits per heavy atom. The molecule has 0 saturated heterocycles. The standard InChI is InChI=1S/C14H16N2O4/c1-2-19-11-7-4-3-6-10(11)14-15-12(20-16-14)8-5-9-13(17)18/h3-4,6-7H,2,5,8-9H2,1H3,(H,17,18). The van der Waals surface area contributed by atoms with Gasteiger partial charge in [0.25, 0.3) is 0 Å². The van der Waals surface area contributed by atoms with Crippen molar-refractivity contribution in [3.8, 4) is 17.1 Å². The number of carboxylic acid groups (broad SMARTS) is 1. The van der Waals surface area contributed by atoms with Crippen molar-refractivity contribution in [1.82, 2.24) is 10.1 Å². The van der Waals surface area contributed by atoms with Gasteiger partial charge in [0, 0.05) is 12.8 Å². The molecule has 1 aromatic carbocycles. The first kappa shape index (κ1) is 14.0. The minimum absolute atomic E-state index is 0.0905. The molecular weight excluding hydrogens is 260 g/mol. The molecule has 0 unspecified atom stereocenters. The van der Waals surface area contributed by atoms with Crippen LogP contribution in [0.15, 0.2) is 28.8 Å². The van der Waals surface area contributed by atoms with Crippen LogP contribution in [0.1, 0.15) is 25.7 Å². The van der Waals surface area contributed by atoms with E-state index in [2.05, 4.69) is 10.1 Å². The van der Waals surface area contributed by atoms with Gasteiger partial charge in [0.1, 0.15) is 5.75 Å². The Balaban J connectivity index is 2.10. The molecule has 20 heavy (non-hydrogen) atoms. The van der Waals surface area contributed by atoms with E-state index in [0.29, 0.717) is 36.9 Å². The molecule has 106 valence electrons. The summed E-state index contributed by atoms with van der Waals surface area (Å²) in [5.74, 6) is 0.770. The highest BCUT2D eigenvalue weighted by molar-refractivity contribution is 5.66. The lowest BCUT2D eigenvalue weighted by atomic mass is 10.2. The lowest BCUT2D eigenvalue weighted by molar-refractivity contribution is -0.137. The van der Waals surface area contributed by atoms with Gasteiger partial charge in [-0.1, -0.05) is 17.3 Å².